The van der Waals surface area contributed by atoms with Gasteiger partial charge in [0.2, 0.25) is 0 Å². The third kappa shape index (κ3) is 1610. The molecule has 0 aliphatic carbocycles. The van der Waals surface area contributed by atoms with Gasteiger partial charge in [-0.3, -0.25) is 0 Å². The van der Waals surface area contributed by atoms with Gasteiger partial charge >= 0.3 is 0 Å². The Bertz CT molecular complexity index is 4.14. The van der Waals surface area contributed by atoms with Crippen LogP contribution in [0.1, 0.15) is 0 Å². The number of hydrogen-bond donors (Lipinski definition) is 0. The predicted molar refractivity (Wildman–Crippen MR) is 21.7 cm³/mol. The van der Waals surface area contributed by atoms with Crippen LogP contribution < -0.4 is 0 Å². The summed E-state index contributed by atoms with van der Waals surface area (Å²) >= 11 is 0. The van der Waals surface area contributed by atoms with E-state index < -0.39 is 0 Å². The second-order valence-electron chi connectivity index (χ2n) is 0. The fourth-order valence-corrected chi connectivity index (χ4v) is 0. The van der Waals surface area contributed by atoms with Gasteiger partial charge in [-0.15, -0.1) is 0 Å². The Hall–Kier alpha value is 0.266. The molecule has 57 valence electrons. The van der Waals surface area contributed by atoms with Crippen LogP contribution in [0.3, 0.4) is 0 Å². The molecule has 6 nitrogen and oxygen atoms in total. The zero-order valence-electron chi connectivity index (χ0n) is 3.33. The topological polar surface area (TPSA) is 189 Å². The van der Waals surface area contributed by atoms with Crippen LogP contribution in [-0.2, 0) is 16.8 Å². The van der Waals surface area contributed by atoms with Crippen molar-refractivity contribution in [1.82, 2.24) is 0 Å². The molecule has 1 radical (unpaired) electrons. The van der Waals surface area contributed by atoms with Crippen LogP contribution in [0.15, 0.2) is 0 Å². The van der Waals surface area contributed by atoms with Crippen LogP contribution in [0.5, 0.6) is 0 Å². The van der Waals surface area contributed by atoms with Gasteiger partial charge < -0.3 is 32.9 Å². The molecule has 0 heterocycles. The van der Waals surface area contributed by atoms with Gasteiger partial charge in [0.1, 0.15) is 0 Å². The van der Waals surface area contributed by atoms with Crippen molar-refractivity contribution in [3.63, 3.8) is 0 Å². The Morgan fingerprint density at radius 1 is 0.286 bits per heavy atom. The first kappa shape index (κ1) is 4020. The molecule has 0 aromatic rings. The monoisotopic (exact) mass is 167 g/mol. The van der Waals surface area contributed by atoms with E-state index in [9.17, 15) is 0 Å². The fraction of sp³-hybridized carbons (Fsp3) is 0. The summed E-state index contributed by atoms with van der Waals surface area (Å²) in [5.74, 6) is 0. The van der Waals surface area contributed by atoms with Crippen LogP contribution in [0.25, 0.3) is 0 Å². The third-order valence-electron chi connectivity index (χ3n) is 0. The predicted octanol–water partition coefficient (Wildman–Crippen LogP) is -4.95. The molecule has 0 spiro atoms. The first-order valence-electron chi connectivity index (χ1n) is 0. The zero-order chi connectivity index (χ0) is 0. The molecule has 0 aromatic heterocycles. The van der Waals surface area contributed by atoms with E-state index in [1.54, 1.807) is 0 Å². The number of rotatable bonds is 0. The van der Waals surface area contributed by atoms with Gasteiger partial charge in [-0.1, -0.05) is 0 Å². The molecule has 0 saturated heterocycles. The first-order chi connectivity index (χ1) is 0. The van der Waals surface area contributed by atoms with Crippen molar-refractivity contribution < 1.29 is 49.6 Å². The minimum Gasteiger partial charge on any atom is -0.412 e. The molecule has 0 aromatic carbocycles. The minimum absolute atomic E-state index is 0. The van der Waals surface area contributed by atoms with Crippen molar-refractivity contribution in [1.29, 1.82) is 0 Å². The molecule has 7 heteroatoms. The van der Waals surface area contributed by atoms with Gasteiger partial charge in [-0.05, 0) is 0 Å². The quantitative estimate of drug-likeness (QED) is 0.334. The summed E-state index contributed by atoms with van der Waals surface area (Å²) in [7, 11) is 0. The molecule has 0 amide bonds. The first-order valence-corrected chi connectivity index (χ1v) is 0. The SMILES string of the molecule is O.O.O.O.O.O.[Co]. The summed E-state index contributed by atoms with van der Waals surface area (Å²) in [6, 6.07) is 0. The van der Waals surface area contributed by atoms with Crippen molar-refractivity contribution in [2.24, 2.45) is 0 Å². The van der Waals surface area contributed by atoms with Gasteiger partial charge in [0.25, 0.3) is 0 Å². The van der Waals surface area contributed by atoms with Crippen LogP contribution in [-0.4, -0.2) is 32.9 Å². The Kier molecular flexibility index (Phi) is 1400000. The van der Waals surface area contributed by atoms with Crippen LogP contribution >= 0.6 is 0 Å². The maximum atomic E-state index is 0. The normalized spacial score (nSPS) is 0. The molecule has 12 N–H and O–H groups in total. The molecule has 0 fully saturated rings. The minimum atomic E-state index is 0. The average molecular weight is 167 g/mol. The van der Waals surface area contributed by atoms with E-state index in [4.69, 9.17) is 0 Å². The van der Waals surface area contributed by atoms with E-state index in [2.05, 4.69) is 0 Å². The summed E-state index contributed by atoms with van der Waals surface area (Å²) in [5, 5.41) is 0. The van der Waals surface area contributed by atoms with Crippen molar-refractivity contribution in [3.8, 4) is 0 Å². The standard InChI is InChI=1S/Co.6H2O/h;6*1H2. The van der Waals surface area contributed by atoms with Gasteiger partial charge in [0, 0.05) is 16.8 Å². The van der Waals surface area contributed by atoms with Crippen molar-refractivity contribution in [3.05, 3.63) is 0 Å². The Labute approximate surface area is 50.6 Å². The maximum Gasteiger partial charge on any atom is 0 e. The van der Waals surface area contributed by atoms with E-state index in [-0.39, 0.29) is 49.6 Å². The summed E-state index contributed by atoms with van der Waals surface area (Å²) in [4.78, 5) is 0. The number of hydrogen-bond acceptors (Lipinski definition) is 0. The third-order valence-corrected chi connectivity index (χ3v) is 0. The summed E-state index contributed by atoms with van der Waals surface area (Å²) < 4.78 is 0. The van der Waals surface area contributed by atoms with E-state index >= 15 is 0 Å². The molecule has 0 bridgehead atoms. The van der Waals surface area contributed by atoms with Gasteiger partial charge in [-0.2, -0.15) is 0 Å². The largest absolute Gasteiger partial charge is 0.412 e. The van der Waals surface area contributed by atoms with Crippen molar-refractivity contribution in [2.75, 3.05) is 0 Å². The van der Waals surface area contributed by atoms with Gasteiger partial charge in [0.05, 0.1) is 0 Å². The Morgan fingerprint density at radius 3 is 0.286 bits per heavy atom. The van der Waals surface area contributed by atoms with E-state index in [1.165, 1.54) is 0 Å². The summed E-state index contributed by atoms with van der Waals surface area (Å²) in [6.07, 6.45) is 0. The molecule has 7 heavy (non-hydrogen) atoms. The van der Waals surface area contributed by atoms with E-state index in [0.29, 0.717) is 0 Å². The average Bonchev–Trinajstić information content (AvgIpc) is 0. The van der Waals surface area contributed by atoms with Crippen LogP contribution in [0.2, 0.25) is 0 Å². The Morgan fingerprint density at radius 2 is 0.286 bits per heavy atom. The molecule has 0 saturated carbocycles. The Balaban J connectivity index is 0. The molecule has 0 atom stereocenters. The molecular weight excluding hydrogens is 155 g/mol. The summed E-state index contributed by atoms with van der Waals surface area (Å²) in [5.41, 5.74) is 0. The van der Waals surface area contributed by atoms with Crippen LogP contribution in [0, 0.1) is 0 Å². The molecular formula is H12CoO6. The molecule has 0 aliphatic rings. The van der Waals surface area contributed by atoms with Gasteiger partial charge in [-0.25, -0.2) is 0 Å². The van der Waals surface area contributed by atoms with Crippen molar-refractivity contribution in [2.45, 2.75) is 0 Å². The smallest absolute Gasteiger partial charge is 0 e. The molecule has 0 rings (SSSR count). The summed E-state index contributed by atoms with van der Waals surface area (Å²) in [6.45, 7) is 0. The maximum absolute atomic E-state index is 0. The van der Waals surface area contributed by atoms with Crippen molar-refractivity contribution >= 4 is 0 Å². The van der Waals surface area contributed by atoms with E-state index in [0.717, 1.165) is 0 Å². The van der Waals surface area contributed by atoms with Crippen LogP contribution in [0.4, 0.5) is 0 Å². The van der Waals surface area contributed by atoms with E-state index in [1.807, 2.05) is 0 Å². The molecule has 0 unspecified atom stereocenters. The van der Waals surface area contributed by atoms with Gasteiger partial charge in [0.15, 0.2) is 0 Å². The zero-order valence-corrected chi connectivity index (χ0v) is 4.37. The second kappa shape index (κ2) is 2450. The second-order valence-corrected chi connectivity index (χ2v) is 0. The molecule has 0 aliphatic heterocycles. The fourth-order valence-electron chi connectivity index (χ4n) is 0.